The lowest BCUT2D eigenvalue weighted by Gasteiger charge is -2.21. The molecular weight excluding hydrogens is 355 g/mol. The van der Waals surface area contributed by atoms with E-state index in [1.165, 1.54) is 13.0 Å². The molecule has 27 heavy (non-hydrogen) atoms. The van der Waals surface area contributed by atoms with Crippen LogP contribution in [-0.2, 0) is 19.0 Å². The summed E-state index contributed by atoms with van der Waals surface area (Å²) in [5.74, 6) is 1.21. The Bertz CT molecular complexity index is 865. The summed E-state index contributed by atoms with van der Waals surface area (Å²) >= 11 is 0. The van der Waals surface area contributed by atoms with Gasteiger partial charge in [-0.15, -0.1) is 0 Å². The van der Waals surface area contributed by atoms with Crippen LogP contribution in [0.25, 0.3) is 0 Å². The zero-order chi connectivity index (χ0) is 19.2. The van der Waals surface area contributed by atoms with E-state index in [1.54, 1.807) is 6.07 Å². The second kappa shape index (κ2) is 6.67. The molecule has 2 aromatic rings. The highest BCUT2D eigenvalue weighted by Gasteiger charge is 2.33. The molecule has 1 aliphatic carbocycles. The molecule has 1 aromatic carbocycles. The molecule has 2 aliphatic rings. The van der Waals surface area contributed by atoms with Gasteiger partial charge in [-0.1, -0.05) is 6.07 Å². The third-order valence-corrected chi connectivity index (χ3v) is 5.23. The molecule has 0 bridgehead atoms. The van der Waals surface area contributed by atoms with Crippen LogP contribution in [0.5, 0.6) is 0 Å². The van der Waals surface area contributed by atoms with Crippen LogP contribution in [0.15, 0.2) is 18.2 Å². The minimum atomic E-state index is -4.39. The topological polar surface area (TPSA) is 67.1 Å². The van der Waals surface area contributed by atoms with Crippen molar-refractivity contribution in [1.82, 2.24) is 9.97 Å². The summed E-state index contributed by atoms with van der Waals surface area (Å²) in [6.45, 7) is 3.03. The van der Waals surface area contributed by atoms with E-state index in [0.717, 1.165) is 61.9 Å². The van der Waals surface area contributed by atoms with E-state index < -0.39 is 11.7 Å². The second-order valence-corrected chi connectivity index (χ2v) is 7.30. The normalized spacial score (nSPS) is 19.4. The quantitative estimate of drug-likeness (QED) is 0.856. The number of hydrogen-bond donors (Lipinski definition) is 2. The molecule has 0 amide bonds. The van der Waals surface area contributed by atoms with Crippen LogP contribution in [0.2, 0.25) is 0 Å². The van der Waals surface area contributed by atoms with Gasteiger partial charge in [-0.05, 0) is 50.3 Å². The van der Waals surface area contributed by atoms with Crippen molar-refractivity contribution < 1.29 is 13.2 Å². The lowest BCUT2D eigenvalue weighted by Crippen LogP contribution is -2.28. The standard InChI is InChI=1S/C19H22F3N5/c1-11-5-6-13(9-15(11)19(20,21)22)24-18-25-16-4-2-3-14(16)17(26-18)27-8-7-12(23)10-27/h5-6,9,12H,2-4,7-8,10,23H2,1H3,(H,24,25,26). The molecule has 144 valence electrons. The van der Waals surface area contributed by atoms with Crippen molar-refractivity contribution in [2.45, 2.75) is 44.8 Å². The van der Waals surface area contributed by atoms with Gasteiger partial charge in [0.2, 0.25) is 5.95 Å². The van der Waals surface area contributed by atoms with E-state index in [9.17, 15) is 13.2 Å². The maximum atomic E-state index is 13.2. The first-order valence-corrected chi connectivity index (χ1v) is 9.16. The van der Waals surface area contributed by atoms with Crippen molar-refractivity contribution in [2.24, 2.45) is 5.73 Å². The predicted octanol–water partition coefficient (Wildman–Crippen LogP) is 3.57. The fourth-order valence-electron chi connectivity index (χ4n) is 3.84. The number of fused-ring (bicyclic) bond motifs is 1. The fourth-order valence-corrected chi connectivity index (χ4v) is 3.84. The Hall–Kier alpha value is -2.35. The number of hydrogen-bond acceptors (Lipinski definition) is 5. The highest BCUT2D eigenvalue weighted by molar-refractivity contribution is 5.61. The smallest absolute Gasteiger partial charge is 0.355 e. The van der Waals surface area contributed by atoms with E-state index in [0.29, 0.717) is 11.6 Å². The third kappa shape index (κ3) is 3.58. The molecule has 1 unspecified atom stereocenters. The summed E-state index contributed by atoms with van der Waals surface area (Å²) in [6, 6.07) is 4.31. The Morgan fingerprint density at radius 2 is 2.04 bits per heavy atom. The molecule has 0 saturated carbocycles. The van der Waals surface area contributed by atoms with Gasteiger partial charge in [0, 0.05) is 30.4 Å². The number of halogens is 3. The number of nitrogens with one attached hydrogen (secondary N) is 1. The van der Waals surface area contributed by atoms with E-state index in [4.69, 9.17) is 5.73 Å². The molecule has 0 spiro atoms. The molecule has 3 N–H and O–H groups in total. The minimum Gasteiger partial charge on any atom is -0.355 e. The lowest BCUT2D eigenvalue weighted by atomic mass is 10.1. The van der Waals surface area contributed by atoms with Crippen LogP contribution in [0, 0.1) is 6.92 Å². The third-order valence-electron chi connectivity index (χ3n) is 5.23. The molecule has 2 heterocycles. The number of rotatable bonds is 3. The van der Waals surface area contributed by atoms with Gasteiger partial charge in [-0.25, -0.2) is 4.98 Å². The number of aromatic nitrogens is 2. The van der Waals surface area contributed by atoms with E-state index in [1.807, 2.05) is 0 Å². The Kier molecular flexibility index (Phi) is 4.46. The maximum absolute atomic E-state index is 13.2. The van der Waals surface area contributed by atoms with E-state index in [-0.39, 0.29) is 11.6 Å². The average Bonchev–Trinajstić information content (AvgIpc) is 3.23. The van der Waals surface area contributed by atoms with Gasteiger partial charge in [-0.3, -0.25) is 0 Å². The van der Waals surface area contributed by atoms with Crippen molar-refractivity contribution in [3.63, 3.8) is 0 Å². The Morgan fingerprint density at radius 3 is 2.74 bits per heavy atom. The van der Waals surface area contributed by atoms with Crippen molar-refractivity contribution in [3.8, 4) is 0 Å². The number of benzene rings is 1. The van der Waals surface area contributed by atoms with E-state index >= 15 is 0 Å². The average molecular weight is 377 g/mol. The largest absolute Gasteiger partial charge is 0.416 e. The summed E-state index contributed by atoms with van der Waals surface area (Å²) in [5.41, 5.74) is 8.02. The summed E-state index contributed by atoms with van der Waals surface area (Å²) in [6.07, 6.45) is -0.671. The van der Waals surface area contributed by atoms with Crippen LogP contribution < -0.4 is 16.0 Å². The Balaban J connectivity index is 1.67. The lowest BCUT2D eigenvalue weighted by molar-refractivity contribution is -0.138. The Morgan fingerprint density at radius 1 is 1.22 bits per heavy atom. The fraction of sp³-hybridized carbons (Fsp3) is 0.474. The first kappa shape index (κ1) is 18.0. The van der Waals surface area contributed by atoms with Crippen molar-refractivity contribution in [3.05, 3.63) is 40.6 Å². The molecule has 1 saturated heterocycles. The first-order chi connectivity index (χ1) is 12.8. The molecule has 4 rings (SSSR count). The molecule has 8 heteroatoms. The number of alkyl halides is 3. The SMILES string of the molecule is Cc1ccc(Nc2nc3c(c(N4CCC(N)C4)n2)CCC3)cc1C(F)(F)F. The minimum absolute atomic E-state index is 0.125. The monoisotopic (exact) mass is 377 g/mol. The summed E-state index contributed by atoms with van der Waals surface area (Å²) in [7, 11) is 0. The van der Waals surface area contributed by atoms with Crippen LogP contribution in [0.4, 0.5) is 30.6 Å². The maximum Gasteiger partial charge on any atom is 0.416 e. The summed E-state index contributed by atoms with van der Waals surface area (Å²) < 4.78 is 39.5. The van der Waals surface area contributed by atoms with Gasteiger partial charge in [0.15, 0.2) is 0 Å². The van der Waals surface area contributed by atoms with Gasteiger partial charge in [0.05, 0.1) is 11.3 Å². The molecule has 1 fully saturated rings. The summed E-state index contributed by atoms with van der Waals surface area (Å²) in [5, 5.41) is 2.97. The zero-order valence-corrected chi connectivity index (χ0v) is 15.1. The highest BCUT2D eigenvalue weighted by Crippen LogP contribution is 2.35. The van der Waals surface area contributed by atoms with Crippen LogP contribution in [0.3, 0.4) is 0 Å². The van der Waals surface area contributed by atoms with Gasteiger partial charge in [0.1, 0.15) is 5.82 Å². The van der Waals surface area contributed by atoms with Gasteiger partial charge in [-0.2, -0.15) is 18.2 Å². The number of nitrogens with two attached hydrogens (primary N) is 1. The number of nitrogens with zero attached hydrogens (tertiary/aromatic N) is 3. The van der Waals surface area contributed by atoms with Crippen molar-refractivity contribution in [1.29, 1.82) is 0 Å². The molecule has 1 atom stereocenters. The van der Waals surface area contributed by atoms with Crippen LogP contribution >= 0.6 is 0 Å². The Labute approximate surface area is 155 Å². The molecule has 1 aliphatic heterocycles. The van der Waals surface area contributed by atoms with Crippen LogP contribution in [-0.4, -0.2) is 29.1 Å². The number of aryl methyl sites for hydroxylation is 2. The second-order valence-electron chi connectivity index (χ2n) is 7.30. The summed E-state index contributed by atoms with van der Waals surface area (Å²) in [4.78, 5) is 11.4. The molecule has 5 nitrogen and oxygen atoms in total. The van der Waals surface area contributed by atoms with Gasteiger partial charge >= 0.3 is 6.18 Å². The highest BCUT2D eigenvalue weighted by atomic mass is 19.4. The van der Waals surface area contributed by atoms with Gasteiger partial charge < -0.3 is 16.0 Å². The zero-order valence-electron chi connectivity index (χ0n) is 15.1. The number of anilines is 3. The first-order valence-electron chi connectivity index (χ1n) is 9.16. The van der Waals surface area contributed by atoms with Crippen molar-refractivity contribution >= 4 is 17.5 Å². The van der Waals surface area contributed by atoms with E-state index in [2.05, 4.69) is 20.2 Å². The van der Waals surface area contributed by atoms with Crippen molar-refractivity contribution in [2.75, 3.05) is 23.3 Å². The van der Waals surface area contributed by atoms with Gasteiger partial charge in [0.25, 0.3) is 0 Å². The molecule has 0 radical (unpaired) electrons. The molecular formula is C19H22F3N5. The predicted molar refractivity (Wildman–Crippen MR) is 98.3 cm³/mol. The van der Waals surface area contributed by atoms with Crippen LogP contribution in [0.1, 0.15) is 35.2 Å². The molecule has 1 aromatic heterocycles.